The fourth-order valence-corrected chi connectivity index (χ4v) is 14.9. The van der Waals surface area contributed by atoms with Gasteiger partial charge in [-0.2, -0.15) is 105 Å². The second kappa shape index (κ2) is 26.6. The Hall–Kier alpha value is -6.10. The van der Waals surface area contributed by atoms with E-state index in [1.807, 2.05) is 0 Å². The van der Waals surface area contributed by atoms with Crippen molar-refractivity contribution < 1.29 is 122 Å². The van der Waals surface area contributed by atoms with E-state index in [1.165, 1.54) is 36.5 Å². The summed E-state index contributed by atoms with van der Waals surface area (Å²) in [6, 6.07) is 17.5. The first-order chi connectivity index (χ1) is 40.3. The van der Waals surface area contributed by atoms with Crippen molar-refractivity contribution in [3.05, 3.63) is 248 Å². The molecule has 6 aromatic rings. The number of hydrogen-bond acceptors (Lipinski definition) is 2. The number of nitrogens with zero attached hydrogens (tertiary/aromatic N) is 2. The maximum atomic E-state index is 13.9. The molecule has 0 heterocycles. The summed E-state index contributed by atoms with van der Waals surface area (Å²) in [7, 11) is 0.764. The van der Waals surface area contributed by atoms with E-state index in [0.717, 1.165) is 0 Å². The Morgan fingerprint density at radius 3 is 0.652 bits per heavy atom. The van der Waals surface area contributed by atoms with Crippen molar-refractivity contribution in [2.75, 3.05) is 28.2 Å². The van der Waals surface area contributed by atoms with Gasteiger partial charge in [0, 0.05) is 41.0 Å². The van der Waals surface area contributed by atoms with Crippen LogP contribution in [0.1, 0.15) is 67.7 Å². The number of hydrogen-bond donors (Lipinski definition) is 0. The number of benzene rings is 6. The van der Waals surface area contributed by atoms with Gasteiger partial charge >= 0.3 is 49.4 Å². The zero-order chi connectivity index (χ0) is 65.7. The molecule has 89 heavy (non-hydrogen) atoms. The molecule has 2 nitrogen and oxygen atoms in total. The topological polar surface area (TPSA) is 6.48 Å². The van der Waals surface area contributed by atoms with Gasteiger partial charge in [0.1, 0.15) is 0 Å². The van der Waals surface area contributed by atoms with E-state index in [1.54, 1.807) is 98.7 Å². The van der Waals surface area contributed by atoms with Crippen molar-refractivity contribution >= 4 is 37.1 Å². The van der Waals surface area contributed by atoms with Gasteiger partial charge in [0.25, 0.3) is 0 Å². The molecule has 0 N–H and O–H groups in total. The van der Waals surface area contributed by atoms with Crippen LogP contribution in [0.3, 0.4) is 0 Å². The van der Waals surface area contributed by atoms with Gasteiger partial charge in [-0.1, -0.05) is 97.1 Å². The zero-order valence-electron chi connectivity index (χ0n) is 45.5. The van der Waals surface area contributed by atoms with Crippen LogP contribution in [0.2, 0.25) is 0 Å². The van der Waals surface area contributed by atoms with Crippen LogP contribution >= 0.6 is 15.8 Å². The third-order valence-corrected chi connectivity index (χ3v) is 18.2. The summed E-state index contributed by atoms with van der Waals surface area (Å²) < 4.78 is 333. The van der Waals surface area contributed by atoms with Gasteiger partial charge < -0.3 is 9.80 Å². The first-order valence-corrected chi connectivity index (χ1v) is 27.8. The monoisotopic (exact) mass is 1360 g/mol. The maximum absolute atomic E-state index is 13.9. The fraction of sp³-hybridized carbons (Fsp3) is 0.233. The zero-order valence-corrected chi connectivity index (χ0v) is 48.4. The Bertz CT molecular complexity index is 3060. The van der Waals surface area contributed by atoms with Crippen molar-refractivity contribution in [1.82, 2.24) is 9.80 Å². The molecule has 8 rings (SSSR count). The molecule has 0 saturated heterocycles. The van der Waals surface area contributed by atoms with Gasteiger partial charge in [-0.05, 0) is 160 Å². The molecule has 478 valence electrons. The predicted molar refractivity (Wildman–Crippen MR) is 285 cm³/mol. The standard InChI is InChI=1S/2C30H21F12NP.Fe/c2*1-43(2)26(17-7-4-3-5-8-17)24-9-6-10-25(24)44(22-13-18(27(31,32)33)11-19(14-22)28(34,35)36)23-15-20(29(37,38)39)12-21(16-23)30(40,41)42;/h2*3-16,26H,1-2H3;/t2*26-;/m11./s1. The van der Waals surface area contributed by atoms with Crippen LogP contribution in [0.25, 0.3) is 0 Å². The molecule has 6 aromatic carbocycles. The van der Waals surface area contributed by atoms with Gasteiger partial charge in [0.05, 0.1) is 44.5 Å². The minimum atomic E-state index is -5.31. The fourth-order valence-electron chi connectivity index (χ4n) is 9.63. The molecule has 0 spiro atoms. The molecular formula is C60H42F24FeN2P2. The quantitative estimate of drug-likeness (QED) is 0.0684. The van der Waals surface area contributed by atoms with Gasteiger partial charge in [-0.3, -0.25) is 0 Å². The smallest absolute Gasteiger partial charge is 0.301 e. The van der Waals surface area contributed by atoms with Crippen molar-refractivity contribution in [2.24, 2.45) is 0 Å². The molecule has 0 bridgehead atoms. The molecule has 2 aliphatic rings. The summed E-state index contributed by atoms with van der Waals surface area (Å²) in [5, 5.41) is -2.94. The number of halogens is 24. The minimum Gasteiger partial charge on any atom is -0.301 e. The summed E-state index contributed by atoms with van der Waals surface area (Å²) in [5.41, 5.74) is -12.8. The average Bonchev–Trinajstić information content (AvgIpc) is 2.02. The second-order valence-electron chi connectivity index (χ2n) is 20.0. The van der Waals surface area contributed by atoms with Crippen molar-refractivity contribution in [1.29, 1.82) is 0 Å². The Morgan fingerprint density at radius 1 is 0.292 bits per heavy atom. The van der Waals surface area contributed by atoms with Gasteiger partial charge in [0.2, 0.25) is 0 Å². The van der Waals surface area contributed by atoms with Crippen LogP contribution in [0, 0.1) is 11.8 Å². The van der Waals surface area contributed by atoms with E-state index >= 15 is 0 Å². The molecule has 0 amide bonds. The molecule has 0 fully saturated rings. The van der Waals surface area contributed by atoms with Crippen LogP contribution in [0.5, 0.6) is 0 Å². The SMILES string of the molecule is CN(C)[C@@H]([C]1C=CC=C1P(c1cc(C(F)(F)F)cc(C(F)(F)F)c1)c1cc(C(F)(F)F)cc(C(F)(F)F)c1)c1ccccc1.CN(C)[C@@H]([C]1C=CC=C1P(c1cc(C(F)(F)F)cc(C(F)(F)F)c1)c1cc(C(F)(F)F)cc(C(F)(F)F)c1)c1ccccc1.[Fe]. The predicted octanol–water partition coefficient (Wildman–Crippen LogP) is 19.0. The van der Waals surface area contributed by atoms with Gasteiger partial charge in [-0.15, -0.1) is 0 Å². The van der Waals surface area contributed by atoms with Crippen molar-refractivity contribution in [2.45, 2.75) is 61.5 Å². The van der Waals surface area contributed by atoms with Crippen molar-refractivity contribution in [3.8, 4) is 0 Å². The van der Waals surface area contributed by atoms with E-state index in [-0.39, 0.29) is 63.8 Å². The summed E-state index contributed by atoms with van der Waals surface area (Å²) in [4.78, 5) is 3.31. The molecule has 0 unspecified atom stereocenters. The first kappa shape index (κ1) is 72.0. The molecule has 2 aliphatic carbocycles. The van der Waals surface area contributed by atoms with Crippen LogP contribution in [-0.2, 0) is 66.5 Å². The van der Waals surface area contributed by atoms with Crippen LogP contribution in [-0.4, -0.2) is 38.0 Å². The maximum Gasteiger partial charge on any atom is 0.416 e. The third-order valence-electron chi connectivity index (χ3n) is 13.3. The molecule has 0 aliphatic heterocycles. The van der Waals surface area contributed by atoms with Crippen molar-refractivity contribution in [3.63, 3.8) is 0 Å². The number of alkyl halides is 24. The molecule has 29 heteroatoms. The molecule has 2 atom stereocenters. The van der Waals surface area contributed by atoms with Gasteiger partial charge in [-0.25, -0.2) is 0 Å². The molecule has 0 aromatic heterocycles. The Labute approximate surface area is 505 Å². The summed E-state index contributed by atoms with van der Waals surface area (Å²) in [6.07, 6.45) is -34.1. The van der Waals surface area contributed by atoms with Crippen LogP contribution in [0.4, 0.5) is 105 Å². The summed E-state index contributed by atoms with van der Waals surface area (Å²) >= 11 is 0. The molecule has 2 radical (unpaired) electrons. The normalized spacial score (nSPS) is 15.6. The first-order valence-electron chi connectivity index (χ1n) is 25.1. The second-order valence-corrected chi connectivity index (χ2v) is 24.4. The average molecular weight is 1360 g/mol. The van der Waals surface area contributed by atoms with E-state index in [0.29, 0.717) is 59.7 Å². The largest absolute Gasteiger partial charge is 0.416 e. The summed E-state index contributed by atoms with van der Waals surface area (Å²) in [6.45, 7) is 0. The Kier molecular flexibility index (Phi) is 21.5. The van der Waals surface area contributed by atoms with Gasteiger partial charge in [0.15, 0.2) is 0 Å². The van der Waals surface area contributed by atoms with E-state index < -0.39 is 143 Å². The molecular weight excluding hydrogens is 1320 g/mol. The minimum absolute atomic E-state index is 0. The Balaban J connectivity index is 0.000000281. The van der Waals surface area contributed by atoms with E-state index in [4.69, 9.17) is 0 Å². The number of rotatable bonds is 12. The third kappa shape index (κ3) is 17.3. The molecule has 0 saturated carbocycles. The number of allylic oxidation sites excluding steroid dienone is 4. The van der Waals surface area contributed by atoms with Crippen LogP contribution in [0.15, 0.2) is 181 Å². The van der Waals surface area contributed by atoms with Crippen LogP contribution < -0.4 is 21.2 Å². The Morgan fingerprint density at radius 2 is 0.483 bits per heavy atom. The van der Waals surface area contributed by atoms with E-state index in [2.05, 4.69) is 0 Å². The summed E-state index contributed by atoms with van der Waals surface area (Å²) in [5.74, 6) is 0.563. The van der Waals surface area contributed by atoms with E-state index in [9.17, 15) is 105 Å².